The van der Waals surface area contributed by atoms with E-state index in [0.29, 0.717) is 0 Å². The molecule has 0 nitrogen and oxygen atoms in total. The molecule has 0 aromatic rings. The summed E-state index contributed by atoms with van der Waals surface area (Å²) in [4.78, 5) is 0. The first-order chi connectivity index (χ1) is 0. The summed E-state index contributed by atoms with van der Waals surface area (Å²) in [7, 11) is 0. The summed E-state index contributed by atoms with van der Waals surface area (Å²) < 4.78 is 0. The van der Waals surface area contributed by atoms with Crippen molar-refractivity contribution in [2.75, 3.05) is 0 Å². The van der Waals surface area contributed by atoms with Crippen LogP contribution < -0.4 is 0 Å². The van der Waals surface area contributed by atoms with E-state index in [9.17, 15) is 0 Å². The Bertz CT molecular complexity index is 15.5. The van der Waals surface area contributed by atoms with E-state index < -0.39 is 0 Å². The van der Waals surface area contributed by atoms with Crippen molar-refractivity contribution in [1.29, 1.82) is 0 Å². The summed E-state index contributed by atoms with van der Waals surface area (Å²) in [5, 5.41) is 0. The van der Waals surface area contributed by atoms with Gasteiger partial charge in [0.25, 0.3) is 0 Å². The summed E-state index contributed by atoms with van der Waals surface area (Å²) in [6.45, 7) is 0. The molecule has 0 saturated heterocycles. The Morgan fingerprint density at radius 1 is 1.00 bits per heavy atom. The number of hydrogen-bond acceptors (Lipinski definition) is 0. The van der Waals surface area contributed by atoms with Gasteiger partial charge in [0.2, 0.25) is 0 Å². The third-order valence-corrected chi connectivity index (χ3v) is 0. The molecule has 0 aliphatic heterocycles. The van der Waals surface area contributed by atoms with Crippen LogP contribution >= 0.6 is 0 Å². The third-order valence-electron chi connectivity index (χ3n) is 0. The molecular weight excluding hydrogens is 356 g/mol. The molecular formula is H6AlBCoFeNdNi. The van der Waals surface area contributed by atoms with Crippen molar-refractivity contribution in [3.8, 4) is 0 Å². The number of rotatable bonds is 0. The van der Waals surface area contributed by atoms with Crippen molar-refractivity contribution in [2.45, 2.75) is 0 Å². The van der Waals surface area contributed by atoms with Crippen LogP contribution in [0.15, 0.2) is 0 Å². The van der Waals surface area contributed by atoms with Crippen molar-refractivity contribution < 1.29 is 91.2 Å². The Morgan fingerprint density at radius 3 is 1.00 bits per heavy atom. The van der Waals surface area contributed by atoms with Gasteiger partial charge >= 0.3 is 0 Å². The van der Waals surface area contributed by atoms with Gasteiger partial charge in [0.05, 0.1) is 8.41 Å². The fourth-order valence-electron chi connectivity index (χ4n) is 0. The van der Waals surface area contributed by atoms with Crippen molar-refractivity contribution in [1.82, 2.24) is 0 Å². The SMILES string of the molecule is B.[AlH3].[Co].[Fe].[Nd].[Ni]. The molecule has 0 spiro atoms. The summed E-state index contributed by atoms with van der Waals surface area (Å²) >= 11 is 0. The van der Waals surface area contributed by atoms with Crippen LogP contribution in [0.4, 0.5) is 0 Å². The fraction of sp³-hybridized carbons (Fsp3) is 0. The molecule has 0 aromatic carbocycles. The largest absolute Gasteiger partial charge is 0.187 e. The minimum atomic E-state index is 0. The molecule has 0 saturated carbocycles. The van der Waals surface area contributed by atoms with Crippen LogP contribution in [0, 0.1) is 40.8 Å². The van der Waals surface area contributed by atoms with Gasteiger partial charge in [0, 0.05) is 91.2 Å². The van der Waals surface area contributed by atoms with Gasteiger partial charge in [-0.2, -0.15) is 0 Å². The van der Waals surface area contributed by atoms with E-state index >= 15 is 0 Å². The van der Waals surface area contributed by atoms with Crippen LogP contribution in [0.1, 0.15) is 0 Å². The molecule has 1 radical (unpaired) electrons. The Labute approximate surface area is 115 Å². The van der Waals surface area contributed by atoms with E-state index in [0.717, 1.165) is 0 Å². The first-order valence-electron chi connectivity index (χ1n) is 0. The van der Waals surface area contributed by atoms with Gasteiger partial charge in [-0.3, -0.25) is 0 Å². The van der Waals surface area contributed by atoms with Crippen molar-refractivity contribution >= 4 is 25.8 Å². The molecule has 0 unspecified atom stereocenters. The Morgan fingerprint density at radius 2 is 1.00 bits per heavy atom. The maximum atomic E-state index is 0. The second-order valence-electron chi connectivity index (χ2n) is 0. The molecule has 6 heteroatoms. The molecule has 0 N–H and O–H groups in total. The molecule has 0 bridgehead atoms. The van der Waals surface area contributed by atoms with E-state index in [2.05, 4.69) is 0 Å². The normalized spacial score (nSPS) is 0. The Kier molecular flexibility index (Phi) is 370. The molecule has 0 aliphatic carbocycles. The second-order valence-corrected chi connectivity index (χ2v) is 0. The van der Waals surface area contributed by atoms with Gasteiger partial charge in [-0.25, -0.2) is 0 Å². The molecule has 0 amide bonds. The van der Waals surface area contributed by atoms with Gasteiger partial charge < -0.3 is 0 Å². The zero-order valence-corrected chi connectivity index (χ0v) is 7.84. The topological polar surface area (TPSA) is 0 Å². The average Bonchev–Trinajstić information content (AvgIpc) is 0. The molecule has 0 aliphatic rings. The average molecular weight is 362 g/mol. The van der Waals surface area contributed by atoms with E-state index in [1.807, 2.05) is 0 Å². The minimum absolute atomic E-state index is 0. The maximum absolute atomic E-state index is 0. The Hall–Kier alpha value is 3.47. The summed E-state index contributed by atoms with van der Waals surface area (Å²) in [6, 6.07) is 0. The predicted molar refractivity (Wildman–Crippen MR) is 19.9 cm³/mol. The summed E-state index contributed by atoms with van der Waals surface area (Å²) in [5.74, 6) is 0. The van der Waals surface area contributed by atoms with Gasteiger partial charge in [0.15, 0.2) is 17.4 Å². The van der Waals surface area contributed by atoms with E-state index in [4.69, 9.17) is 0 Å². The first-order valence-corrected chi connectivity index (χ1v) is 0. The van der Waals surface area contributed by atoms with E-state index in [-0.39, 0.29) is 117 Å². The quantitative estimate of drug-likeness (QED) is 0.423. The van der Waals surface area contributed by atoms with Gasteiger partial charge in [-0.15, -0.1) is 0 Å². The predicted octanol–water partition coefficient (Wildman–Crippen LogP) is -2.38. The summed E-state index contributed by atoms with van der Waals surface area (Å²) in [6.07, 6.45) is 0. The fourth-order valence-corrected chi connectivity index (χ4v) is 0. The van der Waals surface area contributed by atoms with Crippen LogP contribution in [0.5, 0.6) is 0 Å². The molecule has 0 heterocycles. The van der Waals surface area contributed by atoms with Crippen LogP contribution in [0.3, 0.4) is 0 Å². The standard InChI is InChI=1S/Al.BH3.Co.Fe.Nd.Ni.3H/h;1H3;;;;;;;. The number of hydrogen-bond donors (Lipinski definition) is 0. The molecule has 0 atom stereocenters. The van der Waals surface area contributed by atoms with Crippen LogP contribution in [-0.2, 0) is 50.3 Å². The van der Waals surface area contributed by atoms with Crippen LogP contribution in [-0.4, -0.2) is 25.8 Å². The van der Waals surface area contributed by atoms with Crippen molar-refractivity contribution in [3.63, 3.8) is 0 Å². The van der Waals surface area contributed by atoms with Crippen molar-refractivity contribution in [3.05, 3.63) is 0 Å². The Balaban J connectivity index is 0. The zero-order valence-electron chi connectivity index (χ0n) is 1.50. The molecule has 0 fully saturated rings. The van der Waals surface area contributed by atoms with Gasteiger partial charge in [0.1, 0.15) is 0 Å². The molecule has 0 aromatic heterocycles. The van der Waals surface area contributed by atoms with E-state index in [1.165, 1.54) is 0 Å². The van der Waals surface area contributed by atoms with Crippen LogP contribution in [0.2, 0.25) is 0 Å². The monoisotopic (exact) mass is 359 g/mol. The minimum Gasteiger partial charge on any atom is 0 e. The van der Waals surface area contributed by atoms with E-state index in [1.54, 1.807) is 0 Å². The van der Waals surface area contributed by atoms with Crippen LogP contribution in [0.25, 0.3) is 0 Å². The first kappa shape index (κ1) is 56.5. The third kappa shape index (κ3) is 26.0. The summed E-state index contributed by atoms with van der Waals surface area (Å²) in [5.41, 5.74) is 0. The molecule has 0 rings (SSSR count). The molecule has 6 heavy (non-hydrogen) atoms. The van der Waals surface area contributed by atoms with Gasteiger partial charge in [-0.1, -0.05) is 0 Å². The zero-order chi connectivity index (χ0) is 0. The smallest absolute Gasteiger partial charge is 0 e. The molecule has 43 valence electrons. The second kappa shape index (κ2) is 39.3. The van der Waals surface area contributed by atoms with Gasteiger partial charge in [-0.05, 0) is 0 Å². The van der Waals surface area contributed by atoms with Crippen molar-refractivity contribution in [2.24, 2.45) is 0 Å². The maximum Gasteiger partial charge on any atom is 0.187 e.